The second-order valence-electron chi connectivity index (χ2n) is 6.98. The van der Waals surface area contributed by atoms with E-state index in [-0.39, 0.29) is 11.5 Å². The Labute approximate surface area is 165 Å². The van der Waals surface area contributed by atoms with Crippen molar-refractivity contribution in [3.8, 4) is 11.3 Å². The summed E-state index contributed by atoms with van der Waals surface area (Å²) in [6.07, 6.45) is 0.811. The zero-order valence-corrected chi connectivity index (χ0v) is 16.7. The van der Waals surface area contributed by atoms with Gasteiger partial charge >= 0.3 is 0 Å². The van der Waals surface area contributed by atoms with Gasteiger partial charge in [0.05, 0.1) is 5.69 Å². The maximum absolute atomic E-state index is 12.8. The molecule has 0 saturated heterocycles. The van der Waals surface area contributed by atoms with E-state index in [0.717, 1.165) is 28.8 Å². The minimum atomic E-state index is -0.732. The molecule has 1 aromatic heterocycles. The molecule has 1 N–H and O–H groups in total. The Hall–Kier alpha value is -3.21. The number of hydrogen-bond donors (Lipinski definition) is 1. The van der Waals surface area contributed by atoms with Crippen LogP contribution >= 0.6 is 0 Å². The van der Waals surface area contributed by atoms with Gasteiger partial charge in [-0.1, -0.05) is 37.3 Å². The molecule has 0 aliphatic carbocycles. The molecule has 0 aliphatic heterocycles. The lowest BCUT2D eigenvalue weighted by Crippen LogP contribution is -2.33. The number of para-hydroxylation sites is 1. The molecule has 0 spiro atoms. The zero-order valence-electron chi connectivity index (χ0n) is 16.7. The first-order valence-corrected chi connectivity index (χ1v) is 9.47. The van der Waals surface area contributed by atoms with Crippen LogP contribution in [0.3, 0.4) is 0 Å². The number of nitrogens with zero attached hydrogens (tertiary/aromatic N) is 2. The second kappa shape index (κ2) is 8.21. The van der Waals surface area contributed by atoms with Crippen LogP contribution in [0.4, 0.5) is 5.69 Å². The number of anilines is 1. The highest BCUT2D eigenvalue weighted by Crippen LogP contribution is 2.21. The van der Waals surface area contributed by atoms with Gasteiger partial charge in [-0.05, 0) is 62.1 Å². The number of nitrogens with one attached hydrogen (secondary N) is 1. The van der Waals surface area contributed by atoms with Gasteiger partial charge in [-0.15, -0.1) is 0 Å². The Balaban J connectivity index is 1.90. The number of aryl methyl sites for hydroxylation is 3. The van der Waals surface area contributed by atoms with Crippen molar-refractivity contribution in [3.63, 3.8) is 0 Å². The highest BCUT2D eigenvalue weighted by molar-refractivity contribution is 5.94. The van der Waals surface area contributed by atoms with Gasteiger partial charge in [-0.3, -0.25) is 9.59 Å². The first kappa shape index (κ1) is 19.5. The summed E-state index contributed by atoms with van der Waals surface area (Å²) < 4.78 is 1.24. The van der Waals surface area contributed by atoms with E-state index >= 15 is 0 Å². The van der Waals surface area contributed by atoms with Crippen LogP contribution in [0.1, 0.15) is 36.6 Å². The molecule has 3 rings (SSSR count). The lowest BCUT2D eigenvalue weighted by atomic mass is 10.0. The highest BCUT2D eigenvalue weighted by Gasteiger charge is 2.19. The Morgan fingerprint density at radius 1 is 1.07 bits per heavy atom. The van der Waals surface area contributed by atoms with Crippen LogP contribution in [0, 0.1) is 13.8 Å². The van der Waals surface area contributed by atoms with E-state index in [0.29, 0.717) is 5.69 Å². The SMILES string of the molecule is CCc1ccccc1NC(=O)[C@@H](C)n1nc(-c2ccc(C)c(C)c2)ccc1=O. The Kier molecular flexibility index (Phi) is 5.73. The van der Waals surface area contributed by atoms with Gasteiger partial charge in [-0.25, -0.2) is 4.68 Å². The third-order valence-corrected chi connectivity index (χ3v) is 5.03. The van der Waals surface area contributed by atoms with Gasteiger partial charge < -0.3 is 5.32 Å². The maximum Gasteiger partial charge on any atom is 0.267 e. The van der Waals surface area contributed by atoms with Crippen molar-refractivity contribution in [2.75, 3.05) is 5.32 Å². The molecule has 1 heterocycles. The standard InChI is InChI=1S/C23H25N3O2/c1-5-18-8-6-7-9-20(18)24-23(28)17(4)26-22(27)13-12-21(25-26)19-11-10-15(2)16(3)14-19/h6-14,17H,5H2,1-4H3,(H,24,28)/t17-/m1/s1. The summed E-state index contributed by atoms with van der Waals surface area (Å²) in [5, 5.41) is 7.39. The number of carbonyl (C=O) groups is 1. The first-order chi connectivity index (χ1) is 13.4. The Bertz CT molecular complexity index is 1070. The van der Waals surface area contributed by atoms with Crippen LogP contribution in [0.5, 0.6) is 0 Å². The lowest BCUT2D eigenvalue weighted by molar-refractivity contribution is -0.119. The molecule has 0 radical (unpaired) electrons. The number of hydrogen-bond acceptors (Lipinski definition) is 3. The normalized spacial score (nSPS) is 11.9. The fourth-order valence-electron chi connectivity index (χ4n) is 3.06. The molecule has 144 valence electrons. The van der Waals surface area contributed by atoms with E-state index in [9.17, 15) is 9.59 Å². The summed E-state index contributed by atoms with van der Waals surface area (Å²) in [4.78, 5) is 25.1. The number of benzene rings is 2. The van der Waals surface area contributed by atoms with E-state index in [2.05, 4.69) is 10.4 Å². The molecule has 0 bridgehead atoms. The predicted molar refractivity (Wildman–Crippen MR) is 113 cm³/mol. The molecular weight excluding hydrogens is 350 g/mol. The van der Waals surface area contributed by atoms with Gasteiger partial charge in [0.1, 0.15) is 6.04 Å². The van der Waals surface area contributed by atoms with Crippen LogP contribution < -0.4 is 10.9 Å². The molecule has 5 nitrogen and oxygen atoms in total. The summed E-state index contributed by atoms with van der Waals surface area (Å²) in [5.41, 5.74) is 5.43. The van der Waals surface area contributed by atoms with Crippen molar-refractivity contribution in [1.29, 1.82) is 0 Å². The molecule has 1 atom stereocenters. The van der Waals surface area contributed by atoms with Crippen LogP contribution in [-0.2, 0) is 11.2 Å². The number of aromatic nitrogens is 2. The summed E-state index contributed by atoms with van der Waals surface area (Å²) in [6, 6.07) is 16.1. The number of amides is 1. The summed E-state index contributed by atoms with van der Waals surface area (Å²) in [5.74, 6) is -0.271. The summed E-state index contributed by atoms with van der Waals surface area (Å²) >= 11 is 0. The first-order valence-electron chi connectivity index (χ1n) is 9.47. The zero-order chi connectivity index (χ0) is 20.3. The predicted octanol–water partition coefficient (Wildman–Crippen LogP) is 4.29. The molecule has 3 aromatic rings. The molecule has 5 heteroatoms. The quantitative estimate of drug-likeness (QED) is 0.723. The fourth-order valence-corrected chi connectivity index (χ4v) is 3.06. The smallest absolute Gasteiger partial charge is 0.267 e. The van der Waals surface area contributed by atoms with Gasteiger partial charge in [0.25, 0.3) is 5.56 Å². The van der Waals surface area contributed by atoms with Crippen molar-refractivity contribution in [3.05, 3.63) is 81.6 Å². The molecular formula is C23H25N3O2. The van der Waals surface area contributed by atoms with Gasteiger partial charge in [0, 0.05) is 17.3 Å². The monoisotopic (exact) mass is 375 g/mol. The summed E-state index contributed by atoms with van der Waals surface area (Å²) in [7, 11) is 0. The van der Waals surface area contributed by atoms with Gasteiger partial charge in [0.2, 0.25) is 5.91 Å². The van der Waals surface area contributed by atoms with E-state index < -0.39 is 6.04 Å². The molecule has 28 heavy (non-hydrogen) atoms. The maximum atomic E-state index is 12.8. The number of rotatable bonds is 5. The molecule has 0 unspecified atom stereocenters. The minimum absolute atomic E-state index is 0.271. The molecule has 2 aromatic carbocycles. The molecule has 0 aliphatic rings. The average molecular weight is 375 g/mol. The van der Waals surface area contributed by atoms with Crippen molar-refractivity contribution < 1.29 is 4.79 Å². The third-order valence-electron chi connectivity index (χ3n) is 5.03. The largest absolute Gasteiger partial charge is 0.324 e. The van der Waals surface area contributed by atoms with Crippen molar-refractivity contribution >= 4 is 11.6 Å². The Morgan fingerprint density at radius 3 is 2.54 bits per heavy atom. The van der Waals surface area contributed by atoms with Crippen molar-refractivity contribution in [2.24, 2.45) is 0 Å². The minimum Gasteiger partial charge on any atom is -0.324 e. The Morgan fingerprint density at radius 2 is 1.82 bits per heavy atom. The molecule has 0 fully saturated rings. The average Bonchev–Trinajstić information content (AvgIpc) is 2.70. The van der Waals surface area contributed by atoms with Crippen LogP contribution in [0.25, 0.3) is 11.3 Å². The van der Waals surface area contributed by atoms with Crippen LogP contribution in [-0.4, -0.2) is 15.7 Å². The summed E-state index contributed by atoms with van der Waals surface area (Å²) in [6.45, 7) is 7.81. The van der Waals surface area contributed by atoms with E-state index in [4.69, 9.17) is 0 Å². The fraction of sp³-hybridized carbons (Fsp3) is 0.261. The van der Waals surface area contributed by atoms with Gasteiger partial charge in [0.15, 0.2) is 0 Å². The van der Waals surface area contributed by atoms with Crippen LogP contribution in [0.15, 0.2) is 59.4 Å². The molecule has 0 saturated carbocycles. The number of carbonyl (C=O) groups excluding carboxylic acids is 1. The third kappa shape index (κ3) is 4.03. The highest BCUT2D eigenvalue weighted by atomic mass is 16.2. The van der Waals surface area contributed by atoms with Crippen LogP contribution in [0.2, 0.25) is 0 Å². The van der Waals surface area contributed by atoms with Crippen molar-refractivity contribution in [2.45, 2.75) is 40.2 Å². The van der Waals surface area contributed by atoms with E-state index in [1.807, 2.05) is 63.2 Å². The van der Waals surface area contributed by atoms with Gasteiger partial charge in [-0.2, -0.15) is 5.10 Å². The van der Waals surface area contributed by atoms with E-state index in [1.54, 1.807) is 13.0 Å². The topological polar surface area (TPSA) is 64.0 Å². The molecule has 1 amide bonds. The second-order valence-corrected chi connectivity index (χ2v) is 6.98. The lowest BCUT2D eigenvalue weighted by Gasteiger charge is -2.16. The van der Waals surface area contributed by atoms with E-state index in [1.165, 1.54) is 16.3 Å². The van der Waals surface area contributed by atoms with Crippen molar-refractivity contribution in [1.82, 2.24) is 9.78 Å².